The molecule has 0 fully saturated rings. The van der Waals surface area contributed by atoms with Crippen LogP contribution in [-0.2, 0) is 0 Å². The maximum Gasteiger partial charge on any atom is 0.351 e. The molecule has 0 unspecified atom stereocenters. The third-order valence-electron chi connectivity index (χ3n) is 3.46. The fourth-order valence-corrected chi connectivity index (χ4v) is 2.67. The van der Waals surface area contributed by atoms with Crippen molar-refractivity contribution in [1.82, 2.24) is 0 Å². The van der Waals surface area contributed by atoms with Gasteiger partial charge in [-0.3, -0.25) is 0 Å². The van der Waals surface area contributed by atoms with Gasteiger partial charge in [0, 0.05) is 21.5 Å². The number of rotatable bonds is 3. The van der Waals surface area contributed by atoms with E-state index in [0.29, 0.717) is 21.7 Å². The number of aromatic carboxylic acids is 1. The maximum atomic E-state index is 12.1. The Bertz CT molecular complexity index is 974. The van der Waals surface area contributed by atoms with E-state index in [0.717, 1.165) is 0 Å². The number of carboxylic acids is 1. The number of hydrogen-bond acceptors (Lipinski definition) is 4. The third kappa shape index (κ3) is 2.55. The van der Waals surface area contributed by atoms with E-state index in [1.54, 1.807) is 36.4 Å². The molecule has 0 amide bonds. The summed E-state index contributed by atoms with van der Waals surface area (Å²) in [5.74, 6) is -0.927. The number of carboxylic acid groups (broad SMARTS) is 1. The van der Waals surface area contributed by atoms with Crippen molar-refractivity contribution in [2.24, 2.45) is 0 Å². The van der Waals surface area contributed by atoms with Crippen molar-refractivity contribution in [2.45, 2.75) is 0 Å². The predicted octanol–water partition coefficient (Wildman–Crippen LogP) is 3.82. The second-order valence-corrected chi connectivity index (χ2v) is 5.22. The highest BCUT2D eigenvalue weighted by atomic mass is 35.5. The summed E-state index contributed by atoms with van der Waals surface area (Å²) in [6, 6.07) is 11.5. The molecule has 2 aromatic carbocycles. The van der Waals surface area contributed by atoms with Crippen LogP contribution >= 0.6 is 11.6 Å². The maximum absolute atomic E-state index is 12.1. The second-order valence-electron chi connectivity index (χ2n) is 4.79. The molecule has 0 bridgehead atoms. The SMILES string of the molecule is COc1ccccc1-c1c(C(=O)O)c(=O)oc2ccc(Cl)cc12. The number of fused-ring (bicyclic) bond motifs is 1. The van der Waals surface area contributed by atoms with E-state index < -0.39 is 17.2 Å². The molecule has 1 aromatic heterocycles. The van der Waals surface area contributed by atoms with Gasteiger partial charge in [0.15, 0.2) is 5.56 Å². The molecule has 0 aliphatic rings. The molecule has 0 saturated heterocycles. The normalized spacial score (nSPS) is 10.7. The lowest BCUT2D eigenvalue weighted by Crippen LogP contribution is -2.16. The summed E-state index contributed by atoms with van der Waals surface area (Å²) in [5, 5.41) is 10.3. The standard InChI is InChI=1S/C17H11ClO5/c1-22-12-5-3-2-4-10(12)14-11-8-9(18)6-7-13(11)23-17(21)15(14)16(19)20/h2-8H,1H3,(H,19,20). The first-order chi connectivity index (χ1) is 11.0. The van der Waals surface area contributed by atoms with Gasteiger partial charge in [0.05, 0.1) is 7.11 Å². The zero-order valence-corrected chi connectivity index (χ0v) is 12.8. The first-order valence-corrected chi connectivity index (χ1v) is 7.03. The highest BCUT2D eigenvalue weighted by molar-refractivity contribution is 6.31. The Kier molecular flexibility index (Phi) is 3.80. The molecule has 5 nitrogen and oxygen atoms in total. The average molecular weight is 331 g/mol. The summed E-state index contributed by atoms with van der Waals surface area (Å²) in [6.07, 6.45) is 0. The molecule has 1 heterocycles. The first-order valence-electron chi connectivity index (χ1n) is 6.66. The predicted molar refractivity (Wildman–Crippen MR) is 86.4 cm³/mol. The Morgan fingerprint density at radius 3 is 2.65 bits per heavy atom. The topological polar surface area (TPSA) is 76.7 Å². The lowest BCUT2D eigenvalue weighted by Gasteiger charge is -2.13. The Morgan fingerprint density at radius 1 is 1.22 bits per heavy atom. The van der Waals surface area contributed by atoms with E-state index in [4.69, 9.17) is 20.8 Å². The molecule has 116 valence electrons. The number of benzene rings is 2. The molecule has 0 radical (unpaired) electrons. The van der Waals surface area contributed by atoms with Crippen molar-refractivity contribution in [3.05, 3.63) is 63.5 Å². The Balaban J connectivity index is 2.55. The highest BCUT2D eigenvalue weighted by Crippen LogP contribution is 2.37. The van der Waals surface area contributed by atoms with Crippen molar-refractivity contribution in [3.63, 3.8) is 0 Å². The fraction of sp³-hybridized carbons (Fsp3) is 0.0588. The van der Waals surface area contributed by atoms with Crippen molar-refractivity contribution >= 4 is 28.5 Å². The first kappa shape index (κ1) is 15.1. The Hall–Kier alpha value is -2.79. The molecule has 6 heteroatoms. The van der Waals surface area contributed by atoms with E-state index in [1.165, 1.54) is 13.2 Å². The minimum absolute atomic E-state index is 0.226. The molecule has 3 aromatic rings. The highest BCUT2D eigenvalue weighted by Gasteiger charge is 2.23. The van der Waals surface area contributed by atoms with Crippen LogP contribution in [0.3, 0.4) is 0 Å². The van der Waals surface area contributed by atoms with Crippen LogP contribution in [0.4, 0.5) is 0 Å². The van der Waals surface area contributed by atoms with Crippen LogP contribution in [0, 0.1) is 0 Å². The van der Waals surface area contributed by atoms with Crippen LogP contribution in [0.25, 0.3) is 22.1 Å². The van der Waals surface area contributed by atoms with Gasteiger partial charge in [-0.1, -0.05) is 29.8 Å². The van der Waals surface area contributed by atoms with Gasteiger partial charge in [-0.25, -0.2) is 9.59 Å². The molecule has 1 N–H and O–H groups in total. The Labute approximate surface area is 135 Å². The lowest BCUT2D eigenvalue weighted by atomic mass is 9.96. The molecule has 0 aliphatic heterocycles. The largest absolute Gasteiger partial charge is 0.496 e. The summed E-state index contributed by atoms with van der Waals surface area (Å²) < 4.78 is 10.4. The van der Waals surface area contributed by atoms with E-state index in [1.807, 2.05) is 0 Å². The number of para-hydroxylation sites is 1. The monoisotopic (exact) mass is 330 g/mol. The van der Waals surface area contributed by atoms with Crippen LogP contribution in [0.15, 0.2) is 51.7 Å². The smallest absolute Gasteiger partial charge is 0.351 e. The summed E-state index contributed by atoms with van der Waals surface area (Å²) in [6.45, 7) is 0. The van der Waals surface area contributed by atoms with E-state index in [2.05, 4.69) is 0 Å². The minimum Gasteiger partial charge on any atom is -0.496 e. The zero-order chi connectivity index (χ0) is 16.6. The van der Waals surface area contributed by atoms with Gasteiger partial charge in [0.25, 0.3) is 0 Å². The van der Waals surface area contributed by atoms with Gasteiger partial charge in [0.2, 0.25) is 0 Å². The van der Waals surface area contributed by atoms with E-state index >= 15 is 0 Å². The van der Waals surface area contributed by atoms with Gasteiger partial charge in [-0.05, 0) is 24.3 Å². The molecule has 23 heavy (non-hydrogen) atoms. The number of ether oxygens (including phenoxy) is 1. The van der Waals surface area contributed by atoms with Crippen LogP contribution in [0.5, 0.6) is 5.75 Å². The van der Waals surface area contributed by atoms with Gasteiger partial charge in [-0.15, -0.1) is 0 Å². The molecule has 0 aliphatic carbocycles. The average Bonchev–Trinajstić information content (AvgIpc) is 2.53. The van der Waals surface area contributed by atoms with Gasteiger partial charge in [0.1, 0.15) is 11.3 Å². The van der Waals surface area contributed by atoms with Crippen LogP contribution < -0.4 is 10.4 Å². The summed E-state index contributed by atoms with van der Waals surface area (Å²) in [7, 11) is 1.47. The number of hydrogen-bond donors (Lipinski definition) is 1. The van der Waals surface area contributed by atoms with E-state index in [-0.39, 0.29) is 11.1 Å². The number of halogens is 1. The van der Waals surface area contributed by atoms with Crippen molar-refractivity contribution in [3.8, 4) is 16.9 Å². The fourth-order valence-electron chi connectivity index (χ4n) is 2.50. The molecule has 0 spiro atoms. The molecular formula is C17H11ClO5. The third-order valence-corrected chi connectivity index (χ3v) is 3.69. The number of carbonyl (C=O) groups is 1. The quantitative estimate of drug-likeness (QED) is 0.739. The molecular weight excluding hydrogens is 320 g/mol. The molecule has 0 atom stereocenters. The molecule has 3 rings (SSSR count). The van der Waals surface area contributed by atoms with E-state index in [9.17, 15) is 14.7 Å². The van der Waals surface area contributed by atoms with Crippen LogP contribution in [0.2, 0.25) is 5.02 Å². The number of methoxy groups -OCH3 is 1. The van der Waals surface area contributed by atoms with Gasteiger partial charge < -0.3 is 14.3 Å². The summed E-state index contributed by atoms with van der Waals surface area (Å²) >= 11 is 6.03. The van der Waals surface area contributed by atoms with Crippen molar-refractivity contribution < 1.29 is 19.1 Å². The Morgan fingerprint density at radius 2 is 1.96 bits per heavy atom. The van der Waals surface area contributed by atoms with Gasteiger partial charge in [-0.2, -0.15) is 0 Å². The summed E-state index contributed by atoms with van der Waals surface area (Å²) in [4.78, 5) is 23.7. The second kappa shape index (κ2) is 5.78. The lowest BCUT2D eigenvalue weighted by molar-refractivity contribution is 0.0693. The zero-order valence-electron chi connectivity index (χ0n) is 12.0. The van der Waals surface area contributed by atoms with Crippen LogP contribution in [-0.4, -0.2) is 18.2 Å². The van der Waals surface area contributed by atoms with Crippen molar-refractivity contribution in [2.75, 3.05) is 7.11 Å². The van der Waals surface area contributed by atoms with Gasteiger partial charge >= 0.3 is 11.6 Å². The van der Waals surface area contributed by atoms with Crippen LogP contribution in [0.1, 0.15) is 10.4 Å². The summed E-state index contributed by atoms with van der Waals surface area (Å²) in [5.41, 5.74) is -0.418. The molecule has 0 saturated carbocycles. The minimum atomic E-state index is -1.37. The van der Waals surface area contributed by atoms with Crippen molar-refractivity contribution in [1.29, 1.82) is 0 Å².